The summed E-state index contributed by atoms with van der Waals surface area (Å²) in [6.07, 6.45) is 0.932. The summed E-state index contributed by atoms with van der Waals surface area (Å²) in [6.45, 7) is 4.87. The highest BCUT2D eigenvalue weighted by Crippen LogP contribution is 2.22. The van der Waals surface area contributed by atoms with Crippen LogP contribution in [0, 0.1) is 5.92 Å². The van der Waals surface area contributed by atoms with Crippen LogP contribution in [0.2, 0.25) is 0 Å². The molecule has 0 aromatic carbocycles. The number of urea groups is 1. The molecule has 0 aliphatic carbocycles. The molecule has 0 radical (unpaired) electrons. The van der Waals surface area contributed by atoms with Crippen LogP contribution in [0.15, 0.2) is 0 Å². The summed E-state index contributed by atoms with van der Waals surface area (Å²) in [5.41, 5.74) is 0. The highest BCUT2D eigenvalue weighted by molar-refractivity contribution is 7.99. The second-order valence-electron chi connectivity index (χ2n) is 4.71. The minimum Gasteiger partial charge on any atom is -0.480 e. The maximum absolute atomic E-state index is 12.0. The fourth-order valence-corrected chi connectivity index (χ4v) is 2.74. The fraction of sp³-hybridized carbons (Fsp3) is 0.818. The van der Waals surface area contributed by atoms with Crippen LogP contribution in [0.25, 0.3) is 0 Å². The Morgan fingerprint density at radius 1 is 1.53 bits per heavy atom. The van der Waals surface area contributed by atoms with Gasteiger partial charge in [-0.1, -0.05) is 13.8 Å². The summed E-state index contributed by atoms with van der Waals surface area (Å²) in [4.78, 5) is 26.1. The lowest BCUT2D eigenvalue weighted by atomic mass is 10.1. The molecule has 1 aliphatic heterocycles. The fourth-order valence-electron chi connectivity index (χ4n) is 1.60. The SMILES string of the molecule is CC(C)CCN(C)C(=O)N1CSC[C@H]1C(=O)O. The molecule has 1 fully saturated rings. The summed E-state index contributed by atoms with van der Waals surface area (Å²) in [5.74, 6) is 0.579. The topological polar surface area (TPSA) is 60.9 Å². The van der Waals surface area contributed by atoms with Crippen molar-refractivity contribution >= 4 is 23.8 Å². The molecule has 5 nitrogen and oxygen atoms in total. The van der Waals surface area contributed by atoms with Gasteiger partial charge in [-0.2, -0.15) is 0 Å². The number of hydrogen-bond acceptors (Lipinski definition) is 3. The van der Waals surface area contributed by atoms with Crippen molar-refractivity contribution < 1.29 is 14.7 Å². The first-order chi connectivity index (χ1) is 7.93. The molecule has 0 saturated carbocycles. The third-order valence-corrected chi connectivity index (χ3v) is 3.79. The van der Waals surface area contributed by atoms with E-state index in [0.717, 1.165) is 6.42 Å². The van der Waals surface area contributed by atoms with Crippen LogP contribution in [0.3, 0.4) is 0 Å². The zero-order valence-corrected chi connectivity index (χ0v) is 11.4. The second kappa shape index (κ2) is 6.14. The molecule has 2 amide bonds. The standard InChI is InChI=1S/C11H20N2O3S/c1-8(2)4-5-12(3)11(16)13-7-17-6-9(13)10(14)15/h8-9H,4-7H2,1-3H3,(H,14,15)/t9-/m0/s1. The van der Waals surface area contributed by atoms with Crippen LogP contribution >= 0.6 is 11.8 Å². The summed E-state index contributed by atoms with van der Waals surface area (Å²) in [6, 6.07) is -0.850. The number of carbonyl (C=O) groups is 2. The van der Waals surface area contributed by atoms with Gasteiger partial charge in [0.05, 0.1) is 5.88 Å². The van der Waals surface area contributed by atoms with Gasteiger partial charge in [-0.15, -0.1) is 11.8 Å². The van der Waals surface area contributed by atoms with E-state index in [-0.39, 0.29) is 6.03 Å². The lowest BCUT2D eigenvalue weighted by molar-refractivity contribution is -0.140. The summed E-state index contributed by atoms with van der Waals surface area (Å²) >= 11 is 1.49. The number of thioether (sulfide) groups is 1. The van der Waals surface area contributed by atoms with Crippen LogP contribution in [-0.2, 0) is 4.79 Å². The Hall–Kier alpha value is -0.910. The van der Waals surface area contributed by atoms with Gasteiger partial charge < -0.3 is 14.9 Å². The Kier molecular flexibility index (Phi) is 5.11. The van der Waals surface area contributed by atoms with Crippen molar-refractivity contribution in [1.29, 1.82) is 0 Å². The molecule has 1 heterocycles. The minimum absolute atomic E-state index is 0.178. The van der Waals surface area contributed by atoms with E-state index in [0.29, 0.717) is 24.1 Å². The van der Waals surface area contributed by atoms with Gasteiger partial charge in [0.25, 0.3) is 0 Å². The second-order valence-corrected chi connectivity index (χ2v) is 5.71. The quantitative estimate of drug-likeness (QED) is 0.833. The van der Waals surface area contributed by atoms with E-state index >= 15 is 0 Å². The number of carboxylic acids is 1. The molecule has 98 valence electrons. The molecule has 0 unspecified atom stereocenters. The molecule has 0 bridgehead atoms. The zero-order chi connectivity index (χ0) is 13.0. The number of carboxylic acid groups (broad SMARTS) is 1. The van der Waals surface area contributed by atoms with Gasteiger partial charge in [-0.25, -0.2) is 9.59 Å². The maximum Gasteiger partial charge on any atom is 0.327 e. The third-order valence-electron chi connectivity index (χ3n) is 2.78. The maximum atomic E-state index is 12.0. The van der Waals surface area contributed by atoms with Gasteiger partial charge in [0, 0.05) is 19.3 Å². The first kappa shape index (κ1) is 14.2. The average Bonchev–Trinajstić information content (AvgIpc) is 2.73. The summed E-state index contributed by atoms with van der Waals surface area (Å²) < 4.78 is 0. The Morgan fingerprint density at radius 2 is 2.18 bits per heavy atom. The van der Waals surface area contributed by atoms with E-state index in [2.05, 4.69) is 13.8 Å². The van der Waals surface area contributed by atoms with Crippen LogP contribution in [0.5, 0.6) is 0 Å². The normalized spacial score (nSPS) is 19.8. The van der Waals surface area contributed by atoms with Gasteiger partial charge in [-0.3, -0.25) is 0 Å². The molecule has 1 N–H and O–H groups in total. The third kappa shape index (κ3) is 3.80. The van der Waals surface area contributed by atoms with Crippen molar-refractivity contribution in [2.75, 3.05) is 25.2 Å². The van der Waals surface area contributed by atoms with Crippen molar-refractivity contribution in [2.45, 2.75) is 26.3 Å². The summed E-state index contributed by atoms with van der Waals surface area (Å²) in [7, 11) is 1.73. The van der Waals surface area contributed by atoms with Gasteiger partial charge in [0.15, 0.2) is 0 Å². The Bertz CT molecular complexity index is 296. The highest BCUT2D eigenvalue weighted by Gasteiger charge is 2.35. The first-order valence-electron chi connectivity index (χ1n) is 5.75. The lowest BCUT2D eigenvalue weighted by Gasteiger charge is -2.27. The number of hydrogen-bond donors (Lipinski definition) is 1. The van der Waals surface area contributed by atoms with Crippen molar-refractivity contribution in [3.8, 4) is 0 Å². The predicted molar refractivity (Wildman–Crippen MR) is 68.1 cm³/mol. The number of rotatable bonds is 4. The van der Waals surface area contributed by atoms with Crippen molar-refractivity contribution in [2.24, 2.45) is 5.92 Å². The molecule has 0 aromatic heterocycles. The largest absolute Gasteiger partial charge is 0.480 e. The monoisotopic (exact) mass is 260 g/mol. The van der Waals surface area contributed by atoms with Crippen LogP contribution in [0.1, 0.15) is 20.3 Å². The van der Waals surface area contributed by atoms with Crippen molar-refractivity contribution in [3.63, 3.8) is 0 Å². The van der Waals surface area contributed by atoms with E-state index in [1.807, 2.05) is 0 Å². The predicted octanol–water partition coefficient (Wildman–Crippen LogP) is 1.54. The number of amides is 2. The number of aliphatic carboxylic acids is 1. The Labute approximate surface area is 106 Å². The van der Waals surface area contributed by atoms with E-state index in [1.165, 1.54) is 16.7 Å². The molecule has 17 heavy (non-hydrogen) atoms. The molecule has 0 aromatic rings. The van der Waals surface area contributed by atoms with Crippen LogP contribution in [0.4, 0.5) is 4.79 Å². The number of nitrogens with zero attached hydrogens (tertiary/aromatic N) is 2. The van der Waals surface area contributed by atoms with Crippen molar-refractivity contribution in [1.82, 2.24) is 9.80 Å². The van der Waals surface area contributed by atoms with E-state index < -0.39 is 12.0 Å². The van der Waals surface area contributed by atoms with Crippen molar-refractivity contribution in [3.05, 3.63) is 0 Å². The molecular weight excluding hydrogens is 240 g/mol. The Balaban J connectivity index is 2.53. The van der Waals surface area contributed by atoms with Gasteiger partial charge in [0.1, 0.15) is 6.04 Å². The van der Waals surface area contributed by atoms with E-state index in [9.17, 15) is 9.59 Å². The van der Waals surface area contributed by atoms with Gasteiger partial charge >= 0.3 is 12.0 Å². The van der Waals surface area contributed by atoms with Crippen LogP contribution < -0.4 is 0 Å². The zero-order valence-electron chi connectivity index (χ0n) is 10.5. The smallest absolute Gasteiger partial charge is 0.327 e. The van der Waals surface area contributed by atoms with E-state index in [4.69, 9.17) is 5.11 Å². The Morgan fingerprint density at radius 3 is 2.71 bits per heavy atom. The molecule has 1 atom stereocenters. The first-order valence-corrected chi connectivity index (χ1v) is 6.91. The van der Waals surface area contributed by atoms with Crippen LogP contribution in [-0.4, -0.2) is 58.2 Å². The van der Waals surface area contributed by atoms with Gasteiger partial charge in [-0.05, 0) is 12.3 Å². The summed E-state index contributed by atoms with van der Waals surface area (Å²) in [5, 5.41) is 9.01. The molecule has 1 saturated heterocycles. The molecular formula is C11H20N2O3S. The molecule has 1 aliphatic rings. The molecule has 1 rings (SSSR count). The van der Waals surface area contributed by atoms with Gasteiger partial charge in [0.2, 0.25) is 0 Å². The molecule has 0 spiro atoms. The molecule has 6 heteroatoms. The van der Waals surface area contributed by atoms with E-state index in [1.54, 1.807) is 11.9 Å². The highest BCUT2D eigenvalue weighted by atomic mass is 32.2. The number of carbonyl (C=O) groups excluding carboxylic acids is 1. The minimum atomic E-state index is -0.916. The lowest BCUT2D eigenvalue weighted by Crippen LogP contribution is -2.47. The average molecular weight is 260 g/mol.